The number of rotatable bonds is 5. The lowest BCUT2D eigenvalue weighted by molar-refractivity contribution is -0.114. The van der Waals surface area contributed by atoms with Crippen molar-refractivity contribution in [3.8, 4) is 0 Å². The minimum absolute atomic E-state index is 0.0713. The highest BCUT2D eigenvalue weighted by atomic mass is 35.5. The van der Waals surface area contributed by atoms with Crippen LogP contribution in [0.5, 0.6) is 0 Å². The van der Waals surface area contributed by atoms with Crippen molar-refractivity contribution in [1.82, 2.24) is 4.90 Å². The molecule has 2 aliphatic rings. The molecule has 0 saturated carbocycles. The molecule has 4 heteroatoms. The molecule has 2 heterocycles. The lowest BCUT2D eigenvalue weighted by atomic mass is 9.91. The van der Waals surface area contributed by atoms with Crippen molar-refractivity contribution < 1.29 is 4.79 Å². The van der Waals surface area contributed by atoms with Gasteiger partial charge in [-0.25, -0.2) is 0 Å². The Bertz CT molecular complexity index is 947. The second-order valence-electron chi connectivity index (χ2n) is 6.82. The summed E-state index contributed by atoms with van der Waals surface area (Å²) in [5.74, 6) is 0.429. The summed E-state index contributed by atoms with van der Waals surface area (Å²) in [7, 11) is 0. The third kappa shape index (κ3) is 4.40. The number of aryl methyl sites for hydroxylation is 1. The summed E-state index contributed by atoms with van der Waals surface area (Å²) >= 11 is 12.2. The monoisotopic (exact) mass is 411 g/mol. The molecule has 0 bridgehead atoms. The van der Waals surface area contributed by atoms with Gasteiger partial charge in [-0.3, -0.25) is 4.79 Å². The average molecular weight is 412 g/mol. The van der Waals surface area contributed by atoms with Gasteiger partial charge in [0.05, 0.1) is 5.70 Å². The van der Waals surface area contributed by atoms with E-state index in [1.54, 1.807) is 6.08 Å². The average Bonchev–Trinajstić information content (AvgIpc) is 2.87. The van der Waals surface area contributed by atoms with E-state index >= 15 is 0 Å². The van der Waals surface area contributed by atoms with Crippen LogP contribution in [0.4, 0.5) is 0 Å². The molecule has 1 aromatic rings. The molecular weight excluding hydrogens is 389 g/mol. The molecule has 144 valence electrons. The fraction of sp³-hybridized carbons (Fsp3) is 0.208. The van der Waals surface area contributed by atoms with Crippen molar-refractivity contribution >= 4 is 34.7 Å². The number of ketones is 1. The maximum atomic E-state index is 12.4. The number of benzene rings is 1. The lowest BCUT2D eigenvalue weighted by Crippen LogP contribution is -2.19. The Kier molecular flexibility index (Phi) is 6.77. The molecule has 28 heavy (non-hydrogen) atoms. The summed E-state index contributed by atoms with van der Waals surface area (Å²) in [4.78, 5) is 14.5. The molecule has 1 unspecified atom stereocenters. The van der Waals surface area contributed by atoms with Gasteiger partial charge in [0, 0.05) is 40.7 Å². The van der Waals surface area contributed by atoms with E-state index in [9.17, 15) is 4.79 Å². The number of fused-ring (bicyclic) bond motifs is 1. The molecule has 1 atom stereocenters. The molecule has 0 saturated heterocycles. The van der Waals surface area contributed by atoms with E-state index in [1.165, 1.54) is 5.56 Å². The SMILES string of the molecule is Cc1ccccc1C1=CC=CC2=C(C(C)/C(Cl)=C\C=C/CCl)CC(=O)C=CN12. The van der Waals surface area contributed by atoms with Crippen molar-refractivity contribution in [3.05, 3.63) is 100 Å². The number of halogens is 2. The predicted octanol–water partition coefficient (Wildman–Crippen LogP) is 6.50. The molecule has 3 rings (SSSR count). The zero-order valence-electron chi connectivity index (χ0n) is 16.0. The normalized spacial score (nSPS) is 18.4. The topological polar surface area (TPSA) is 20.3 Å². The van der Waals surface area contributed by atoms with E-state index in [4.69, 9.17) is 23.2 Å². The number of alkyl halides is 1. The van der Waals surface area contributed by atoms with Crippen LogP contribution in [-0.2, 0) is 4.79 Å². The number of allylic oxidation sites excluding steroid dienone is 9. The highest BCUT2D eigenvalue weighted by Crippen LogP contribution is 2.38. The number of carbonyl (C=O) groups excluding carboxylic acids is 1. The van der Waals surface area contributed by atoms with Gasteiger partial charge < -0.3 is 4.90 Å². The Morgan fingerprint density at radius 1 is 1.29 bits per heavy atom. The van der Waals surface area contributed by atoms with E-state index in [2.05, 4.69) is 36.1 Å². The third-order valence-electron chi connectivity index (χ3n) is 4.97. The van der Waals surface area contributed by atoms with E-state index in [1.807, 2.05) is 49.6 Å². The van der Waals surface area contributed by atoms with Crippen LogP contribution in [0, 0.1) is 12.8 Å². The molecular formula is C24H23Cl2NO. The van der Waals surface area contributed by atoms with E-state index in [-0.39, 0.29) is 11.7 Å². The highest BCUT2D eigenvalue weighted by Gasteiger charge is 2.26. The first-order valence-electron chi connectivity index (χ1n) is 9.28. The summed E-state index contributed by atoms with van der Waals surface area (Å²) in [5.41, 5.74) is 5.38. The fourth-order valence-electron chi connectivity index (χ4n) is 3.41. The molecule has 2 nitrogen and oxygen atoms in total. The van der Waals surface area contributed by atoms with Crippen molar-refractivity contribution in [3.63, 3.8) is 0 Å². The van der Waals surface area contributed by atoms with Gasteiger partial charge in [-0.1, -0.05) is 61.0 Å². The summed E-state index contributed by atoms with van der Waals surface area (Å²) in [5, 5.41) is 0.680. The van der Waals surface area contributed by atoms with Gasteiger partial charge >= 0.3 is 0 Å². The summed E-state index contributed by atoms with van der Waals surface area (Å²) in [6, 6.07) is 8.26. The Labute approximate surface area is 176 Å². The number of nitrogens with zero attached hydrogens (tertiary/aromatic N) is 1. The van der Waals surface area contributed by atoms with Crippen LogP contribution < -0.4 is 0 Å². The van der Waals surface area contributed by atoms with Crippen LogP contribution in [0.15, 0.2) is 89.3 Å². The molecule has 0 aromatic heterocycles. The molecule has 0 spiro atoms. The Morgan fingerprint density at radius 3 is 2.82 bits per heavy atom. The molecule has 0 amide bonds. The highest BCUT2D eigenvalue weighted by molar-refractivity contribution is 6.30. The predicted molar refractivity (Wildman–Crippen MR) is 119 cm³/mol. The minimum Gasteiger partial charge on any atom is -0.316 e. The fourth-order valence-corrected chi connectivity index (χ4v) is 3.72. The van der Waals surface area contributed by atoms with Crippen molar-refractivity contribution in [2.75, 3.05) is 5.88 Å². The van der Waals surface area contributed by atoms with Gasteiger partial charge in [0.1, 0.15) is 0 Å². The van der Waals surface area contributed by atoms with Crippen LogP contribution in [-0.4, -0.2) is 16.6 Å². The molecule has 2 aliphatic heterocycles. The van der Waals surface area contributed by atoms with Crippen molar-refractivity contribution in [1.29, 1.82) is 0 Å². The van der Waals surface area contributed by atoms with Gasteiger partial charge in [-0.2, -0.15) is 0 Å². The van der Waals surface area contributed by atoms with Gasteiger partial charge in [0.2, 0.25) is 0 Å². The van der Waals surface area contributed by atoms with Crippen LogP contribution in [0.2, 0.25) is 0 Å². The van der Waals surface area contributed by atoms with Gasteiger partial charge in [0.15, 0.2) is 5.78 Å². The maximum Gasteiger partial charge on any atom is 0.161 e. The Hall–Kier alpha value is -2.29. The summed E-state index contributed by atoms with van der Waals surface area (Å²) < 4.78 is 0. The molecule has 0 aliphatic carbocycles. The molecule has 0 radical (unpaired) electrons. The number of carbonyl (C=O) groups is 1. The standard InChI is InChI=1S/C24H23Cl2NO/c1-17-8-3-4-9-20(17)23-11-7-12-24-21(16-19(28)13-15-27(23)24)18(2)22(26)10-5-6-14-25/h3-13,15,18H,14,16H2,1-2H3/b6-5-,22-10+. The lowest BCUT2D eigenvalue weighted by Gasteiger charge is -2.30. The van der Waals surface area contributed by atoms with Gasteiger partial charge in [0.25, 0.3) is 0 Å². The zero-order chi connectivity index (χ0) is 20.1. The van der Waals surface area contributed by atoms with Crippen LogP contribution in [0.3, 0.4) is 0 Å². The van der Waals surface area contributed by atoms with E-state index in [0.717, 1.165) is 22.5 Å². The molecule has 0 fully saturated rings. The maximum absolute atomic E-state index is 12.4. The number of hydrogen-bond donors (Lipinski definition) is 0. The first-order valence-corrected chi connectivity index (χ1v) is 10.2. The Morgan fingerprint density at radius 2 is 2.07 bits per heavy atom. The second-order valence-corrected chi connectivity index (χ2v) is 7.57. The first-order chi connectivity index (χ1) is 13.5. The summed E-state index contributed by atoms with van der Waals surface area (Å²) in [6.07, 6.45) is 15.6. The second kappa shape index (κ2) is 9.27. The van der Waals surface area contributed by atoms with Gasteiger partial charge in [-0.15, -0.1) is 11.6 Å². The molecule has 0 N–H and O–H groups in total. The number of hydrogen-bond acceptors (Lipinski definition) is 2. The van der Waals surface area contributed by atoms with Gasteiger partial charge in [-0.05, 0) is 42.4 Å². The van der Waals surface area contributed by atoms with E-state index < -0.39 is 0 Å². The Balaban J connectivity index is 2.07. The van der Waals surface area contributed by atoms with Crippen molar-refractivity contribution in [2.45, 2.75) is 20.3 Å². The third-order valence-corrected chi connectivity index (χ3v) is 5.60. The van der Waals surface area contributed by atoms with Crippen molar-refractivity contribution in [2.24, 2.45) is 5.92 Å². The largest absolute Gasteiger partial charge is 0.316 e. The first kappa shape index (κ1) is 20.4. The summed E-state index contributed by atoms with van der Waals surface area (Å²) in [6.45, 7) is 4.13. The van der Waals surface area contributed by atoms with E-state index in [0.29, 0.717) is 17.3 Å². The minimum atomic E-state index is -0.0798. The quantitative estimate of drug-likeness (QED) is 0.406. The zero-order valence-corrected chi connectivity index (χ0v) is 17.5. The van der Waals surface area contributed by atoms with Crippen LogP contribution in [0.1, 0.15) is 24.5 Å². The van der Waals surface area contributed by atoms with Crippen LogP contribution in [0.25, 0.3) is 5.70 Å². The van der Waals surface area contributed by atoms with Crippen LogP contribution >= 0.6 is 23.2 Å². The molecule has 1 aromatic carbocycles. The smallest absolute Gasteiger partial charge is 0.161 e.